The molecule has 1 aromatic heterocycles. The number of amides is 1. The lowest BCUT2D eigenvalue weighted by Crippen LogP contribution is -2.34. The number of rotatable bonds is 3. The van der Waals surface area contributed by atoms with Gasteiger partial charge in [-0.2, -0.15) is 0 Å². The van der Waals surface area contributed by atoms with Crippen LogP contribution in [0, 0.1) is 0 Å². The van der Waals surface area contributed by atoms with Crippen LogP contribution in [0.4, 0.5) is 5.82 Å². The molecule has 6 nitrogen and oxygen atoms in total. The highest BCUT2D eigenvalue weighted by Gasteiger charge is 2.25. The Kier molecular flexibility index (Phi) is 5.05. The van der Waals surface area contributed by atoms with E-state index in [9.17, 15) is 13.2 Å². The zero-order valence-electron chi connectivity index (χ0n) is 11.8. The molecule has 8 heteroatoms. The minimum absolute atomic E-state index is 0.0107. The van der Waals surface area contributed by atoms with Crippen molar-refractivity contribution in [2.24, 2.45) is 0 Å². The quantitative estimate of drug-likeness (QED) is 0.906. The maximum absolute atomic E-state index is 12.5. The summed E-state index contributed by atoms with van der Waals surface area (Å²) in [6, 6.07) is 3.32. The number of anilines is 1. The molecule has 21 heavy (non-hydrogen) atoms. The highest BCUT2D eigenvalue weighted by molar-refractivity contribution is 7.91. The summed E-state index contributed by atoms with van der Waals surface area (Å²) < 4.78 is 23.2. The van der Waals surface area contributed by atoms with E-state index in [0.717, 1.165) is 0 Å². The van der Waals surface area contributed by atoms with Gasteiger partial charge in [-0.05, 0) is 25.5 Å². The van der Waals surface area contributed by atoms with E-state index in [2.05, 4.69) is 10.3 Å². The molecule has 0 aliphatic carbocycles. The molecule has 0 aromatic carbocycles. The summed E-state index contributed by atoms with van der Waals surface area (Å²) in [5.74, 6) is 0.364. The van der Waals surface area contributed by atoms with Gasteiger partial charge in [0.05, 0.1) is 16.5 Å². The molecule has 0 bridgehead atoms. The number of carbonyl (C=O) groups excluding carboxylic acids is 1. The van der Waals surface area contributed by atoms with E-state index in [4.69, 9.17) is 11.6 Å². The van der Waals surface area contributed by atoms with Gasteiger partial charge in [-0.3, -0.25) is 4.79 Å². The molecule has 1 N–H and O–H groups in total. The van der Waals surface area contributed by atoms with Crippen LogP contribution in [-0.2, 0) is 9.84 Å². The number of carbonyl (C=O) groups is 1. The van der Waals surface area contributed by atoms with Crippen molar-refractivity contribution in [3.05, 3.63) is 22.8 Å². The van der Waals surface area contributed by atoms with Crippen molar-refractivity contribution in [1.82, 2.24) is 9.88 Å². The minimum Gasteiger partial charge on any atom is -0.370 e. The van der Waals surface area contributed by atoms with Gasteiger partial charge in [-0.25, -0.2) is 13.4 Å². The maximum Gasteiger partial charge on any atom is 0.274 e. The molecule has 1 fully saturated rings. The number of nitrogens with zero attached hydrogens (tertiary/aromatic N) is 2. The summed E-state index contributed by atoms with van der Waals surface area (Å²) in [4.78, 5) is 18.2. The first-order chi connectivity index (χ1) is 9.93. The monoisotopic (exact) mass is 331 g/mol. The van der Waals surface area contributed by atoms with Gasteiger partial charge in [0.15, 0.2) is 9.84 Å². The van der Waals surface area contributed by atoms with Crippen molar-refractivity contribution in [2.75, 3.05) is 36.5 Å². The number of hydrogen-bond donors (Lipinski definition) is 1. The molecule has 116 valence electrons. The number of pyridine rings is 1. The fourth-order valence-corrected chi connectivity index (χ4v) is 3.62. The third-order valence-electron chi connectivity index (χ3n) is 3.25. The largest absolute Gasteiger partial charge is 0.370 e. The molecule has 0 unspecified atom stereocenters. The second kappa shape index (κ2) is 6.62. The third kappa shape index (κ3) is 4.07. The average molecular weight is 332 g/mol. The van der Waals surface area contributed by atoms with E-state index in [-0.39, 0.29) is 34.7 Å². The van der Waals surface area contributed by atoms with Crippen LogP contribution in [0.1, 0.15) is 23.8 Å². The predicted octanol–water partition coefficient (Wildman–Crippen LogP) is 1.43. The van der Waals surface area contributed by atoms with E-state index in [1.54, 1.807) is 12.1 Å². The van der Waals surface area contributed by atoms with E-state index in [1.807, 2.05) is 6.92 Å². The molecule has 1 aromatic rings. The maximum atomic E-state index is 12.5. The van der Waals surface area contributed by atoms with Gasteiger partial charge in [0.1, 0.15) is 11.5 Å². The van der Waals surface area contributed by atoms with Crippen molar-refractivity contribution >= 4 is 33.2 Å². The van der Waals surface area contributed by atoms with Crippen LogP contribution in [0.2, 0.25) is 5.02 Å². The first-order valence-corrected chi connectivity index (χ1v) is 9.03. The third-order valence-corrected chi connectivity index (χ3v) is 5.27. The summed E-state index contributed by atoms with van der Waals surface area (Å²) >= 11 is 6.05. The first-order valence-electron chi connectivity index (χ1n) is 6.83. The van der Waals surface area contributed by atoms with Gasteiger partial charge in [0.25, 0.3) is 5.91 Å². The summed E-state index contributed by atoms with van der Waals surface area (Å²) in [6.45, 7) is 3.20. The van der Waals surface area contributed by atoms with E-state index in [0.29, 0.717) is 25.3 Å². The highest BCUT2D eigenvalue weighted by atomic mass is 35.5. The fraction of sp³-hybridized carbons (Fsp3) is 0.538. The van der Waals surface area contributed by atoms with Gasteiger partial charge in [-0.1, -0.05) is 11.6 Å². The lowest BCUT2D eigenvalue weighted by atomic mass is 10.3. The van der Waals surface area contributed by atoms with E-state index >= 15 is 0 Å². The van der Waals surface area contributed by atoms with Gasteiger partial charge >= 0.3 is 0 Å². The Morgan fingerprint density at radius 2 is 2.14 bits per heavy atom. The van der Waals surface area contributed by atoms with Crippen molar-refractivity contribution in [2.45, 2.75) is 13.3 Å². The molecule has 1 aliphatic heterocycles. The van der Waals surface area contributed by atoms with Crippen LogP contribution in [0.25, 0.3) is 0 Å². The Balaban J connectivity index is 2.21. The fourth-order valence-electron chi connectivity index (χ4n) is 2.16. The normalized spacial score (nSPS) is 18.1. The molecular formula is C13H18ClN3O3S. The summed E-state index contributed by atoms with van der Waals surface area (Å²) in [7, 11) is -3.05. The summed E-state index contributed by atoms with van der Waals surface area (Å²) in [5.41, 5.74) is 0.161. The molecule has 0 radical (unpaired) electrons. The standard InChI is InChI=1S/C13H18ClN3O3S/c1-2-15-11-5-4-10(14)12(16-11)13(18)17-6-3-8-21(19,20)9-7-17/h4-5H,2-3,6-9H2,1H3,(H,15,16). The lowest BCUT2D eigenvalue weighted by Gasteiger charge is -2.20. The van der Waals surface area contributed by atoms with E-state index in [1.165, 1.54) is 4.90 Å². The van der Waals surface area contributed by atoms with Gasteiger partial charge in [0, 0.05) is 19.6 Å². The zero-order chi connectivity index (χ0) is 15.5. The molecule has 0 spiro atoms. The summed E-state index contributed by atoms with van der Waals surface area (Å²) in [5, 5.41) is 3.29. The number of aromatic nitrogens is 1. The van der Waals surface area contributed by atoms with Crippen molar-refractivity contribution in [1.29, 1.82) is 0 Å². The Morgan fingerprint density at radius 1 is 1.38 bits per heavy atom. The predicted molar refractivity (Wildman–Crippen MR) is 82.6 cm³/mol. The molecule has 1 aliphatic rings. The second-order valence-corrected chi connectivity index (χ2v) is 7.57. The zero-order valence-corrected chi connectivity index (χ0v) is 13.4. The lowest BCUT2D eigenvalue weighted by molar-refractivity contribution is 0.0763. The number of hydrogen-bond acceptors (Lipinski definition) is 5. The van der Waals surface area contributed by atoms with Gasteiger partial charge in [-0.15, -0.1) is 0 Å². The SMILES string of the molecule is CCNc1ccc(Cl)c(C(=O)N2CCCS(=O)(=O)CC2)n1. The topological polar surface area (TPSA) is 79.4 Å². The Labute approximate surface area is 129 Å². The average Bonchev–Trinajstić information content (AvgIpc) is 2.61. The molecule has 2 heterocycles. The van der Waals surface area contributed by atoms with Crippen molar-refractivity contribution in [3.8, 4) is 0 Å². The molecule has 2 rings (SSSR count). The first kappa shape index (κ1) is 16.0. The van der Waals surface area contributed by atoms with Crippen LogP contribution >= 0.6 is 11.6 Å². The van der Waals surface area contributed by atoms with Crippen LogP contribution in [0.3, 0.4) is 0 Å². The number of sulfone groups is 1. The smallest absolute Gasteiger partial charge is 0.274 e. The van der Waals surface area contributed by atoms with Gasteiger partial charge < -0.3 is 10.2 Å². The molecule has 0 atom stereocenters. The van der Waals surface area contributed by atoms with Crippen LogP contribution in [-0.4, -0.2) is 55.3 Å². The Hall–Kier alpha value is -1.34. The Morgan fingerprint density at radius 3 is 2.86 bits per heavy atom. The molecule has 0 saturated carbocycles. The molecule has 1 amide bonds. The second-order valence-electron chi connectivity index (χ2n) is 4.85. The Bertz CT molecular complexity index is 634. The van der Waals surface area contributed by atoms with Crippen molar-refractivity contribution < 1.29 is 13.2 Å². The van der Waals surface area contributed by atoms with Crippen LogP contribution in [0.5, 0.6) is 0 Å². The molecular weight excluding hydrogens is 314 g/mol. The van der Waals surface area contributed by atoms with Crippen LogP contribution in [0.15, 0.2) is 12.1 Å². The minimum atomic E-state index is -3.05. The van der Waals surface area contributed by atoms with Crippen molar-refractivity contribution in [3.63, 3.8) is 0 Å². The van der Waals surface area contributed by atoms with Gasteiger partial charge in [0.2, 0.25) is 0 Å². The summed E-state index contributed by atoms with van der Waals surface area (Å²) in [6.07, 6.45) is 0.443. The van der Waals surface area contributed by atoms with Crippen LogP contribution < -0.4 is 5.32 Å². The highest BCUT2D eigenvalue weighted by Crippen LogP contribution is 2.19. The number of halogens is 1. The van der Waals surface area contributed by atoms with E-state index < -0.39 is 9.84 Å². The number of nitrogens with one attached hydrogen (secondary N) is 1. The molecule has 1 saturated heterocycles.